The third kappa shape index (κ3) is 2.32. The zero-order valence-corrected chi connectivity index (χ0v) is 13.8. The molecule has 4 aliphatic rings. The Morgan fingerprint density at radius 3 is 2.38 bits per heavy atom. The van der Waals surface area contributed by atoms with Crippen molar-refractivity contribution >= 4 is 5.97 Å². The quantitative estimate of drug-likeness (QED) is 0.683. The first-order chi connectivity index (χ1) is 9.98. The van der Waals surface area contributed by atoms with Gasteiger partial charge in [-0.25, -0.2) is 4.79 Å². The van der Waals surface area contributed by atoms with Crippen LogP contribution in [-0.4, -0.2) is 24.3 Å². The molecule has 0 aromatic carbocycles. The molecule has 0 unspecified atom stereocenters. The van der Waals surface area contributed by atoms with Crippen LogP contribution in [-0.2, 0) is 14.3 Å². The van der Waals surface area contributed by atoms with Gasteiger partial charge in [-0.1, -0.05) is 40.0 Å². The maximum Gasteiger partial charge on any atom is 0.339 e. The Morgan fingerprint density at radius 1 is 1.00 bits per heavy atom. The summed E-state index contributed by atoms with van der Waals surface area (Å²) in [5.41, 5.74) is -0.762. The molecule has 21 heavy (non-hydrogen) atoms. The molecule has 4 rings (SSSR count). The molecule has 3 nitrogen and oxygen atoms in total. The number of hydrogen-bond donors (Lipinski definition) is 0. The fourth-order valence-corrected chi connectivity index (χ4v) is 4.77. The Morgan fingerprint density at radius 2 is 1.71 bits per heavy atom. The maximum atomic E-state index is 12.9. The van der Waals surface area contributed by atoms with Crippen molar-refractivity contribution in [1.82, 2.24) is 0 Å². The molecule has 1 saturated carbocycles. The molecule has 2 bridgehead atoms. The minimum absolute atomic E-state index is 0.0789. The van der Waals surface area contributed by atoms with E-state index in [1.165, 1.54) is 25.7 Å². The highest BCUT2D eigenvalue weighted by Gasteiger charge is 2.69. The Bertz CT molecular complexity index is 397. The molecule has 0 aromatic rings. The molecule has 0 amide bonds. The van der Waals surface area contributed by atoms with Crippen molar-refractivity contribution in [3.63, 3.8) is 0 Å². The van der Waals surface area contributed by atoms with Gasteiger partial charge in [0.25, 0.3) is 0 Å². The summed E-state index contributed by atoms with van der Waals surface area (Å²) in [7, 11) is 0. The largest absolute Gasteiger partial charge is 0.464 e. The lowest BCUT2D eigenvalue weighted by atomic mass is 9.56. The van der Waals surface area contributed by atoms with E-state index in [0.717, 1.165) is 25.7 Å². The molecule has 0 radical (unpaired) electrons. The minimum Gasteiger partial charge on any atom is -0.464 e. The Kier molecular flexibility index (Phi) is 4.06. The Hall–Kier alpha value is -0.570. The first kappa shape index (κ1) is 15.3. The minimum atomic E-state index is -0.668. The van der Waals surface area contributed by atoms with Gasteiger partial charge in [-0.15, -0.1) is 0 Å². The van der Waals surface area contributed by atoms with E-state index < -0.39 is 5.60 Å². The molecule has 3 saturated heterocycles. The number of carbonyl (C=O) groups excluding carboxylic acids is 1. The SMILES string of the molecule is C[C@@H]1CCOC(=O)[C@]2(C3CCCCC3)O[C@H](CC1)C2(C)C. The van der Waals surface area contributed by atoms with Gasteiger partial charge >= 0.3 is 5.97 Å². The second kappa shape index (κ2) is 5.57. The van der Waals surface area contributed by atoms with Crippen LogP contribution in [0.2, 0.25) is 0 Å². The zero-order chi connectivity index (χ0) is 15.1. The van der Waals surface area contributed by atoms with Gasteiger partial charge in [-0.2, -0.15) is 0 Å². The molecule has 3 aliphatic heterocycles. The van der Waals surface area contributed by atoms with Crippen molar-refractivity contribution in [3.8, 4) is 0 Å². The van der Waals surface area contributed by atoms with E-state index in [9.17, 15) is 4.79 Å². The number of esters is 1. The van der Waals surface area contributed by atoms with E-state index >= 15 is 0 Å². The predicted octanol–water partition coefficient (Wildman–Crippen LogP) is 4.09. The van der Waals surface area contributed by atoms with Crippen LogP contribution in [0.4, 0.5) is 0 Å². The number of carbonyl (C=O) groups is 1. The molecule has 1 aliphatic carbocycles. The van der Waals surface area contributed by atoms with Gasteiger partial charge in [0.05, 0.1) is 12.7 Å². The summed E-state index contributed by atoms with van der Waals surface area (Å²) in [5.74, 6) is 0.881. The molecule has 0 spiro atoms. The van der Waals surface area contributed by atoms with E-state index in [-0.39, 0.29) is 17.5 Å². The van der Waals surface area contributed by atoms with E-state index in [1.54, 1.807) is 0 Å². The summed E-state index contributed by atoms with van der Waals surface area (Å²) >= 11 is 0. The fourth-order valence-electron chi connectivity index (χ4n) is 4.77. The van der Waals surface area contributed by atoms with Crippen molar-refractivity contribution < 1.29 is 14.3 Å². The van der Waals surface area contributed by atoms with Crippen LogP contribution in [0.1, 0.15) is 72.1 Å². The van der Waals surface area contributed by atoms with Crippen LogP contribution in [0.15, 0.2) is 0 Å². The standard InChI is InChI=1S/C18H30O3/c1-13-9-10-15-17(2,3)18(21-15,16(19)20-12-11-13)14-7-5-4-6-8-14/h13-15H,4-12H2,1-3H3/t13-,15+,18-/m0/s1. The highest BCUT2D eigenvalue weighted by atomic mass is 16.6. The molecule has 120 valence electrons. The number of rotatable bonds is 1. The molecular formula is C18H30O3. The van der Waals surface area contributed by atoms with Gasteiger partial charge in [0.15, 0.2) is 5.60 Å². The average molecular weight is 294 g/mol. The summed E-state index contributed by atoms with van der Waals surface area (Å²) in [4.78, 5) is 12.9. The van der Waals surface area contributed by atoms with Gasteiger partial charge < -0.3 is 9.47 Å². The Labute approximate surface area is 128 Å². The Balaban J connectivity index is 1.87. The summed E-state index contributed by atoms with van der Waals surface area (Å²) in [5, 5.41) is 0. The smallest absolute Gasteiger partial charge is 0.339 e. The lowest BCUT2D eigenvalue weighted by Gasteiger charge is -2.63. The third-order valence-corrected chi connectivity index (χ3v) is 6.34. The van der Waals surface area contributed by atoms with Gasteiger partial charge in [-0.05, 0) is 43.9 Å². The van der Waals surface area contributed by atoms with E-state index in [4.69, 9.17) is 9.47 Å². The van der Waals surface area contributed by atoms with Gasteiger partial charge in [0.1, 0.15) is 0 Å². The summed E-state index contributed by atoms with van der Waals surface area (Å²) in [6, 6.07) is 0. The van der Waals surface area contributed by atoms with Crippen LogP contribution >= 0.6 is 0 Å². The zero-order valence-electron chi connectivity index (χ0n) is 13.8. The lowest BCUT2D eigenvalue weighted by molar-refractivity contribution is -0.327. The van der Waals surface area contributed by atoms with Crippen molar-refractivity contribution in [1.29, 1.82) is 0 Å². The molecule has 3 heteroatoms. The molecule has 4 fully saturated rings. The number of fused-ring (bicyclic) bond motifs is 6. The highest BCUT2D eigenvalue weighted by Crippen LogP contribution is 2.59. The van der Waals surface area contributed by atoms with Crippen molar-refractivity contribution in [2.45, 2.75) is 83.8 Å². The van der Waals surface area contributed by atoms with Crippen molar-refractivity contribution in [3.05, 3.63) is 0 Å². The van der Waals surface area contributed by atoms with Crippen LogP contribution in [0.5, 0.6) is 0 Å². The van der Waals surface area contributed by atoms with E-state index in [1.807, 2.05) is 0 Å². The molecule has 3 heterocycles. The predicted molar refractivity (Wildman–Crippen MR) is 81.9 cm³/mol. The second-order valence-electron chi connectivity index (χ2n) is 8.01. The summed E-state index contributed by atoms with van der Waals surface area (Å²) in [6.07, 6.45) is 9.42. The van der Waals surface area contributed by atoms with Crippen molar-refractivity contribution in [2.24, 2.45) is 17.3 Å². The molecule has 0 aromatic heterocycles. The van der Waals surface area contributed by atoms with Crippen LogP contribution in [0.3, 0.4) is 0 Å². The molecule has 0 N–H and O–H groups in total. The second-order valence-corrected chi connectivity index (χ2v) is 8.01. The van der Waals surface area contributed by atoms with E-state index in [2.05, 4.69) is 20.8 Å². The average Bonchev–Trinajstić information content (AvgIpc) is 2.47. The first-order valence-electron chi connectivity index (χ1n) is 8.83. The topological polar surface area (TPSA) is 35.5 Å². The van der Waals surface area contributed by atoms with Crippen molar-refractivity contribution in [2.75, 3.05) is 6.61 Å². The van der Waals surface area contributed by atoms with Crippen LogP contribution in [0, 0.1) is 17.3 Å². The van der Waals surface area contributed by atoms with E-state index in [0.29, 0.717) is 18.4 Å². The van der Waals surface area contributed by atoms with Gasteiger partial charge in [-0.3, -0.25) is 0 Å². The maximum absolute atomic E-state index is 12.9. The summed E-state index contributed by atoms with van der Waals surface area (Å²) < 4.78 is 12.0. The first-order valence-corrected chi connectivity index (χ1v) is 8.83. The normalized spacial score (nSPS) is 41.0. The third-order valence-electron chi connectivity index (χ3n) is 6.34. The fraction of sp³-hybridized carbons (Fsp3) is 0.944. The monoisotopic (exact) mass is 294 g/mol. The molecule has 3 atom stereocenters. The highest BCUT2D eigenvalue weighted by molar-refractivity contribution is 5.83. The van der Waals surface area contributed by atoms with Crippen LogP contribution < -0.4 is 0 Å². The molecular weight excluding hydrogens is 264 g/mol. The van der Waals surface area contributed by atoms with Crippen LogP contribution in [0.25, 0.3) is 0 Å². The lowest BCUT2D eigenvalue weighted by Crippen LogP contribution is -2.74. The van der Waals surface area contributed by atoms with Gasteiger partial charge in [0.2, 0.25) is 0 Å². The summed E-state index contributed by atoms with van der Waals surface area (Å²) in [6.45, 7) is 7.25. The van der Waals surface area contributed by atoms with Gasteiger partial charge in [0, 0.05) is 5.41 Å². The number of ether oxygens (including phenoxy) is 2. The number of hydrogen-bond acceptors (Lipinski definition) is 3.